The van der Waals surface area contributed by atoms with E-state index in [2.05, 4.69) is 11.2 Å². The van der Waals surface area contributed by atoms with Gasteiger partial charge in [0.05, 0.1) is 13.1 Å². The topological polar surface area (TPSA) is 52.6 Å². The first kappa shape index (κ1) is 13.1. The second-order valence-electron chi connectivity index (χ2n) is 3.72. The predicted octanol–water partition coefficient (Wildman–Crippen LogP) is 0.573. The molecule has 1 rings (SSSR count). The van der Waals surface area contributed by atoms with Gasteiger partial charge in [0.15, 0.2) is 0 Å². The van der Waals surface area contributed by atoms with E-state index in [0.717, 1.165) is 5.56 Å². The number of amides is 1. The van der Waals surface area contributed by atoms with Crippen LogP contribution in [0, 0.1) is 12.3 Å². The van der Waals surface area contributed by atoms with Crippen LogP contribution in [0.2, 0.25) is 0 Å². The molecule has 1 aromatic rings. The van der Waals surface area contributed by atoms with Crippen molar-refractivity contribution in [3.05, 3.63) is 29.8 Å². The number of benzene rings is 1. The molecule has 4 heteroatoms. The van der Waals surface area contributed by atoms with E-state index in [1.807, 2.05) is 0 Å². The molecule has 0 aliphatic heterocycles. The molecule has 4 nitrogen and oxygen atoms in total. The van der Waals surface area contributed by atoms with Gasteiger partial charge >= 0.3 is 0 Å². The SMILES string of the molecule is C#CCNCC(=O)N(C)Cc1ccc(O)cc1. The van der Waals surface area contributed by atoms with E-state index in [0.29, 0.717) is 13.1 Å². The van der Waals surface area contributed by atoms with Crippen LogP contribution < -0.4 is 5.32 Å². The van der Waals surface area contributed by atoms with E-state index < -0.39 is 0 Å². The minimum atomic E-state index is -0.0201. The van der Waals surface area contributed by atoms with Gasteiger partial charge in [-0.05, 0) is 17.7 Å². The molecular formula is C13H16N2O2. The van der Waals surface area contributed by atoms with Gasteiger partial charge in [-0.25, -0.2) is 0 Å². The van der Waals surface area contributed by atoms with Gasteiger partial charge < -0.3 is 10.0 Å². The Bertz CT molecular complexity index is 406. The summed E-state index contributed by atoms with van der Waals surface area (Å²) in [5, 5.41) is 12.0. The van der Waals surface area contributed by atoms with Gasteiger partial charge in [-0.3, -0.25) is 10.1 Å². The van der Waals surface area contributed by atoms with Crippen LogP contribution in [0.3, 0.4) is 0 Å². The van der Waals surface area contributed by atoms with Gasteiger partial charge in [-0.15, -0.1) is 6.42 Å². The van der Waals surface area contributed by atoms with Gasteiger partial charge in [0.1, 0.15) is 5.75 Å². The van der Waals surface area contributed by atoms with Crippen molar-refractivity contribution in [1.29, 1.82) is 0 Å². The average Bonchev–Trinajstić information content (AvgIpc) is 2.32. The molecule has 1 amide bonds. The van der Waals surface area contributed by atoms with Gasteiger partial charge in [0.25, 0.3) is 0 Å². The predicted molar refractivity (Wildman–Crippen MR) is 66.3 cm³/mol. The summed E-state index contributed by atoms with van der Waals surface area (Å²) in [4.78, 5) is 13.2. The number of carbonyl (C=O) groups is 1. The zero-order chi connectivity index (χ0) is 12.7. The largest absolute Gasteiger partial charge is 0.508 e. The fraction of sp³-hybridized carbons (Fsp3) is 0.308. The van der Waals surface area contributed by atoms with Crippen molar-refractivity contribution < 1.29 is 9.90 Å². The van der Waals surface area contributed by atoms with Crippen LogP contribution in [0.5, 0.6) is 5.75 Å². The molecule has 2 N–H and O–H groups in total. The number of hydrogen-bond donors (Lipinski definition) is 2. The fourth-order valence-electron chi connectivity index (χ4n) is 1.34. The first-order chi connectivity index (χ1) is 8.13. The molecule has 0 spiro atoms. The van der Waals surface area contributed by atoms with E-state index in [1.165, 1.54) is 0 Å². The summed E-state index contributed by atoms with van der Waals surface area (Å²) in [5.74, 6) is 2.61. The van der Waals surface area contributed by atoms with E-state index in [1.54, 1.807) is 36.2 Å². The summed E-state index contributed by atoms with van der Waals surface area (Å²) in [7, 11) is 1.73. The van der Waals surface area contributed by atoms with E-state index in [4.69, 9.17) is 11.5 Å². The summed E-state index contributed by atoms with van der Waals surface area (Å²) in [6.07, 6.45) is 5.07. The average molecular weight is 232 g/mol. The van der Waals surface area contributed by atoms with Gasteiger partial charge in [0.2, 0.25) is 5.91 Å². The van der Waals surface area contributed by atoms with Crippen molar-refractivity contribution in [2.45, 2.75) is 6.54 Å². The maximum Gasteiger partial charge on any atom is 0.236 e. The molecule has 0 aromatic heterocycles. The van der Waals surface area contributed by atoms with Crippen molar-refractivity contribution in [1.82, 2.24) is 10.2 Å². The van der Waals surface area contributed by atoms with Crippen molar-refractivity contribution in [3.8, 4) is 18.1 Å². The standard InChI is InChI=1S/C13H16N2O2/c1-3-8-14-9-13(17)15(2)10-11-4-6-12(16)7-5-11/h1,4-7,14,16H,8-10H2,2H3. The normalized spacial score (nSPS) is 9.65. The highest BCUT2D eigenvalue weighted by Crippen LogP contribution is 2.10. The Morgan fingerprint density at radius 2 is 2.12 bits per heavy atom. The third kappa shape index (κ3) is 4.58. The Balaban J connectivity index is 2.43. The molecule has 0 unspecified atom stereocenters. The molecule has 0 saturated carbocycles. The van der Waals surface area contributed by atoms with Crippen LogP contribution in [0.4, 0.5) is 0 Å². The third-order valence-electron chi connectivity index (χ3n) is 2.29. The molecule has 90 valence electrons. The van der Waals surface area contributed by atoms with Crippen LogP contribution in [-0.2, 0) is 11.3 Å². The van der Waals surface area contributed by atoms with Crippen LogP contribution >= 0.6 is 0 Å². The molecule has 0 atom stereocenters. The molecule has 0 aliphatic carbocycles. The number of likely N-dealkylation sites (N-methyl/N-ethyl adjacent to an activating group) is 1. The fourth-order valence-corrected chi connectivity index (χ4v) is 1.34. The second kappa shape index (κ2) is 6.56. The number of aromatic hydroxyl groups is 1. The van der Waals surface area contributed by atoms with Gasteiger partial charge in [0, 0.05) is 13.6 Å². The highest BCUT2D eigenvalue weighted by Gasteiger charge is 2.08. The Hall–Kier alpha value is -1.99. The van der Waals surface area contributed by atoms with Crippen LogP contribution in [0.25, 0.3) is 0 Å². The Kier molecular flexibility index (Phi) is 5.05. The third-order valence-corrected chi connectivity index (χ3v) is 2.29. The molecule has 0 heterocycles. The minimum Gasteiger partial charge on any atom is -0.508 e. The van der Waals surface area contributed by atoms with Crippen molar-refractivity contribution >= 4 is 5.91 Å². The Morgan fingerprint density at radius 1 is 1.47 bits per heavy atom. The number of nitrogens with zero attached hydrogens (tertiary/aromatic N) is 1. The van der Waals surface area contributed by atoms with Crippen molar-refractivity contribution in [2.75, 3.05) is 20.1 Å². The van der Waals surface area contributed by atoms with Crippen LogP contribution in [-0.4, -0.2) is 36.1 Å². The number of phenolic OH excluding ortho intramolecular Hbond substituents is 1. The quantitative estimate of drug-likeness (QED) is 0.576. The molecule has 0 fully saturated rings. The lowest BCUT2D eigenvalue weighted by Gasteiger charge is -2.17. The molecular weight excluding hydrogens is 216 g/mol. The molecule has 0 radical (unpaired) electrons. The molecule has 1 aromatic carbocycles. The maximum atomic E-state index is 11.6. The zero-order valence-corrected chi connectivity index (χ0v) is 9.81. The van der Waals surface area contributed by atoms with E-state index >= 15 is 0 Å². The van der Waals surface area contributed by atoms with Crippen LogP contribution in [0.1, 0.15) is 5.56 Å². The minimum absolute atomic E-state index is 0.0201. The second-order valence-corrected chi connectivity index (χ2v) is 3.72. The van der Waals surface area contributed by atoms with Gasteiger partial charge in [-0.1, -0.05) is 18.1 Å². The number of carbonyl (C=O) groups excluding carboxylic acids is 1. The zero-order valence-electron chi connectivity index (χ0n) is 9.81. The summed E-state index contributed by atoms with van der Waals surface area (Å²) >= 11 is 0. The van der Waals surface area contributed by atoms with Gasteiger partial charge in [-0.2, -0.15) is 0 Å². The van der Waals surface area contributed by atoms with Crippen LogP contribution in [0.15, 0.2) is 24.3 Å². The summed E-state index contributed by atoms with van der Waals surface area (Å²) in [6, 6.07) is 6.77. The monoisotopic (exact) mass is 232 g/mol. The number of rotatable bonds is 5. The summed E-state index contributed by atoms with van der Waals surface area (Å²) in [5.41, 5.74) is 0.968. The Morgan fingerprint density at radius 3 is 2.71 bits per heavy atom. The Labute approximate surface area is 101 Å². The molecule has 17 heavy (non-hydrogen) atoms. The number of terminal acetylenes is 1. The van der Waals surface area contributed by atoms with Crippen molar-refractivity contribution in [2.24, 2.45) is 0 Å². The maximum absolute atomic E-state index is 11.6. The van der Waals surface area contributed by atoms with E-state index in [-0.39, 0.29) is 18.2 Å². The lowest BCUT2D eigenvalue weighted by atomic mass is 10.2. The lowest BCUT2D eigenvalue weighted by Crippen LogP contribution is -2.35. The summed E-state index contributed by atoms with van der Waals surface area (Å²) < 4.78 is 0. The number of hydrogen-bond acceptors (Lipinski definition) is 3. The lowest BCUT2D eigenvalue weighted by molar-refractivity contribution is -0.129. The summed E-state index contributed by atoms with van der Waals surface area (Å²) in [6.45, 7) is 1.13. The molecule has 0 aliphatic rings. The first-order valence-corrected chi connectivity index (χ1v) is 5.29. The smallest absolute Gasteiger partial charge is 0.236 e. The molecule has 0 saturated heterocycles. The van der Waals surface area contributed by atoms with E-state index in [9.17, 15) is 4.79 Å². The number of phenols is 1. The number of nitrogens with one attached hydrogen (secondary N) is 1. The molecule has 0 bridgehead atoms. The van der Waals surface area contributed by atoms with Crippen molar-refractivity contribution in [3.63, 3.8) is 0 Å². The first-order valence-electron chi connectivity index (χ1n) is 5.29. The highest BCUT2D eigenvalue weighted by atomic mass is 16.3. The highest BCUT2D eigenvalue weighted by molar-refractivity contribution is 5.78.